The first kappa shape index (κ1) is 17.4. The predicted molar refractivity (Wildman–Crippen MR) is 29.9 cm³/mol. The van der Waals surface area contributed by atoms with E-state index >= 15 is 0 Å². The first-order valence-electron chi connectivity index (χ1n) is 1.89. The zero-order valence-corrected chi connectivity index (χ0v) is 8.69. The molecule has 0 bridgehead atoms. The standard InChI is InChI=1S/C3H4O2.Na.H3O4P/c1-2-3(4)5;;1-5(2,3)4/h2H,1H2,(H,4,5);;(H3,1,2,3,4)/q;+1;/p-1. The number of rotatable bonds is 1. The second-order valence-corrected chi connectivity index (χ2v) is 2.01. The van der Waals surface area contributed by atoms with Crippen molar-refractivity contribution < 1.29 is 58.7 Å². The Morgan fingerprint density at radius 3 is 1.64 bits per heavy atom. The minimum atomic E-state index is -4.89. The van der Waals surface area contributed by atoms with Crippen LogP contribution in [0.5, 0.6) is 0 Å². The van der Waals surface area contributed by atoms with Crippen molar-refractivity contribution in [1.82, 2.24) is 0 Å². The third-order valence-corrected chi connectivity index (χ3v) is 0.175. The van der Waals surface area contributed by atoms with E-state index in [2.05, 4.69) is 6.58 Å². The molecule has 60 valence electrons. The van der Waals surface area contributed by atoms with E-state index in [0.717, 1.165) is 6.08 Å². The van der Waals surface area contributed by atoms with E-state index in [-0.39, 0.29) is 29.6 Å². The molecule has 11 heavy (non-hydrogen) atoms. The summed E-state index contributed by atoms with van der Waals surface area (Å²) in [6.07, 6.45) is 0.833. The molecule has 0 fully saturated rings. The van der Waals surface area contributed by atoms with Crippen molar-refractivity contribution in [2.75, 3.05) is 0 Å². The van der Waals surface area contributed by atoms with Gasteiger partial charge in [-0.25, -0.2) is 4.79 Å². The van der Waals surface area contributed by atoms with Gasteiger partial charge in [0.2, 0.25) is 0 Å². The van der Waals surface area contributed by atoms with E-state index in [1.54, 1.807) is 0 Å². The van der Waals surface area contributed by atoms with Gasteiger partial charge in [-0.1, -0.05) is 6.58 Å². The van der Waals surface area contributed by atoms with Crippen LogP contribution in [0.2, 0.25) is 0 Å². The van der Waals surface area contributed by atoms with Gasteiger partial charge in [-0.15, -0.1) is 0 Å². The Balaban J connectivity index is -0.000000107. The molecule has 0 heterocycles. The molecule has 0 aromatic carbocycles. The Morgan fingerprint density at radius 1 is 1.55 bits per heavy atom. The molecule has 0 atom stereocenters. The number of carboxylic acid groups (broad SMARTS) is 1. The van der Waals surface area contributed by atoms with Gasteiger partial charge in [0, 0.05) is 6.08 Å². The summed E-state index contributed by atoms with van der Waals surface area (Å²) in [5.74, 6) is -0.981. The maximum absolute atomic E-state index is 9.25. The Morgan fingerprint density at radius 2 is 1.64 bits per heavy atom. The van der Waals surface area contributed by atoms with Gasteiger partial charge in [0.25, 0.3) is 7.82 Å². The van der Waals surface area contributed by atoms with Crippen LogP contribution in [0.3, 0.4) is 0 Å². The SMILES string of the molecule is C=CC(=O)O.O=P([O-])(O)O.[Na+]. The molecule has 0 saturated carbocycles. The van der Waals surface area contributed by atoms with Crippen LogP contribution in [0.1, 0.15) is 0 Å². The molecule has 0 aliphatic heterocycles. The molecule has 0 radical (unpaired) electrons. The van der Waals surface area contributed by atoms with Gasteiger partial charge in [-0.2, -0.15) is 0 Å². The van der Waals surface area contributed by atoms with Gasteiger partial charge in [-0.05, 0) is 0 Å². The molecule has 8 heteroatoms. The van der Waals surface area contributed by atoms with Crippen LogP contribution < -0.4 is 34.5 Å². The van der Waals surface area contributed by atoms with E-state index in [1.165, 1.54) is 0 Å². The zero-order chi connectivity index (χ0) is 8.78. The Bertz CT molecular complexity index is 153. The van der Waals surface area contributed by atoms with Crippen molar-refractivity contribution >= 4 is 13.8 Å². The van der Waals surface area contributed by atoms with E-state index in [1.807, 2.05) is 0 Å². The van der Waals surface area contributed by atoms with Crippen molar-refractivity contribution in [3.8, 4) is 0 Å². The van der Waals surface area contributed by atoms with Crippen molar-refractivity contribution in [3.05, 3.63) is 12.7 Å². The van der Waals surface area contributed by atoms with Gasteiger partial charge >= 0.3 is 35.5 Å². The molecule has 0 amide bonds. The fourth-order valence-electron chi connectivity index (χ4n) is 0. The minimum Gasteiger partial charge on any atom is -0.756 e. The van der Waals surface area contributed by atoms with Crippen LogP contribution in [0.15, 0.2) is 12.7 Å². The normalized spacial score (nSPS) is 8.27. The Labute approximate surface area is 85.1 Å². The van der Waals surface area contributed by atoms with Crippen LogP contribution >= 0.6 is 7.82 Å². The van der Waals surface area contributed by atoms with Crippen molar-refractivity contribution in [3.63, 3.8) is 0 Å². The summed E-state index contributed by atoms with van der Waals surface area (Å²) in [6, 6.07) is 0. The van der Waals surface area contributed by atoms with Gasteiger partial charge in [0.05, 0.1) is 0 Å². The van der Waals surface area contributed by atoms with E-state index in [0.29, 0.717) is 0 Å². The maximum atomic E-state index is 9.25. The van der Waals surface area contributed by atoms with Gasteiger partial charge in [0.1, 0.15) is 0 Å². The number of carboxylic acids is 1. The molecular weight excluding hydrogens is 186 g/mol. The summed E-state index contributed by atoms with van der Waals surface area (Å²) in [5.41, 5.74) is 0. The van der Waals surface area contributed by atoms with E-state index in [4.69, 9.17) is 24.4 Å². The van der Waals surface area contributed by atoms with Gasteiger partial charge in [0.15, 0.2) is 0 Å². The Hall–Kier alpha value is 0.320. The molecule has 0 aromatic heterocycles. The topological polar surface area (TPSA) is 118 Å². The maximum Gasteiger partial charge on any atom is 1.00 e. The zero-order valence-electron chi connectivity index (χ0n) is 5.80. The molecule has 0 aromatic rings. The third kappa shape index (κ3) is 133. The molecule has 0 unspecified atom stereocenters. The fraction of sp³-hybridized carbons (Fsp3) is 0. The average Bonchev–Trinajstić information content (AvgIpc) is 1.61. The number of hydrogen-bond donors (Lipinski definition) is 3. The van der Waals surface area contributed by atoms with E-state index in [9.17, 15) is 4.79 Å². The minimum absolute atomic E-state index is 0. The van der Waals surface area contributed by atoms with Crippen LogP contribution in [-0.2, 0) is 9.36 Å². The monoisotopic (exact) mass is 192 g/mol. The Kier molecular flexibility index (Phi) is 13.3. The first-order chi connectivity index (χ1) is 4.27. The molecule has 0 spiro atoms. The number of phosphoric acid groups is 1. The first-order valence-corrected chi connectivity index (χ1v) is 3.42. The second-order valence-electron chi connectivity index (χ2n) is 1.03. The fourth-order valence-corrected chi connectivity index (χ4v) is 0. The number of hydrogen-bond acceptors (Lipinski definition) is 3. The molecule has 3 N–H and O–H groups in total. The summed E-state index contributed by atoms with van der Waals surface area (Å²) in [6.45, 7) is 2.96. The van der Waals surface area contributed by atoms with Crippen LogP contribution in [0.4, 0.5) is 0 Å². The molecule has 0 saturated heterocycles. The quantitative estimate of drug-likeness (QED) is 0.220. The molecule has 0 aliphatic rings. The van der Waals surface area contributed by atoms with Crippen molar-refractivity contribution in [1.29, 1.82) is 0 Å². The van der Waals surface area contributed by atoms with E-state index < -0.39 is 13.8 Å². The predicted octanol–water partition coefficient (Wildman–Crippen LogP) is -4.30. The van der Waals surface area contributed by atoms with Crippen LogP contribution in [0, 0.1) is 0 Å². The smallest absolute Gasteiger partial charge is 0.756 e. The summed E-state index contributed by atoms with van der Waals surface area (Å²) < 4.78 is 8.77. The van der Waals surface area contributed by atoms with Gasteiger partial charge < -0.3 is 19.8 Å². The van der Waals surface area contributed by atoms with Crippen LogP contribution in [-0.4, -0.2) is 20.9 Å². The molecule has 6 nitrogen and oxygen atoms in total. The summed E-state index contributed by atoms with van der Waals surface area (Å²) in [5, 5.41) is 7.60. The molecule has 0 rings (SSSR count). The number of aliphatic carboxylic acids is 1. The summed E-state index contributed by atoms with van der Waals surface area (Å²) in [4.78, 5) is 32.2. The molecular formula is C3H6NaO6P. The van der Waals surface area contributed by atoms with Crippen molar-refractivity contribution in [2.24, 2.45) is 0 Å². The third-order valence-electron chi connectivity index (χ3n) is 0.175. The van der Waals surface area contributed by atoms with Crippen LogP contribution in [0.25, 0.3) is 0 Å². The largest absolute Gasteiger partial charge is 1.00 e. The average molecular weight is 192 g/mol. The van der Waals surface area contributed by atoms with Crippen molar-refractivity contribution in [2.45, 2.75) is 0 Å². The van der Waals surface area contributed by atoms with Gasteiger partial charge in [-0.3, -0.25) is 4.57 Å². The molecule has 0 aliphatic carbocycles. The second kappa shape index (κ2) is 8.42. The summed E-state index contributed by atoms with van der Waals surface area (Å²) >= 11 is 0. The number of carbonyl (C=O) groups is 1. The summed E-state index contributed by atoms with van der Waals surface area (Å²) in [7, 11) is -4.89.